The van der Waals surface area contributed by atoms with E-state index >= 15 is 0 Å². The van der Waals surface area contributed by atoms with Gasteiger partial charge >= 0.3 is 0 Å². The highest BCUT2D eigenvalue weighted by atomic mass is 79.9. The van der Waals surface area contributed by atoms with Crippen molar-refractivity contribution in [2.45, 2.75) is 11.3 Å². The van der Waals surface area contributed by atoms with E-state index in [1.165, 1.54) is 6.07 Å². The molecule has 0 atom stereocenters. The van der Waals surface area contributed by atoms with E-state index in [-0.39, 0.29) is 9.92 Å². The maximum Gasteiger partial charge on any atom is 0.262 e. The molecule has 0 heterocycles. The van der Waals surface area contributed by atoms with Crippen LogP contribution in [0.3, 0.4) is 0 Å². The van der Waals surface area contributed by atoms with Crippen molar-refractivity contribution in [2.24, 2.45) is 0 Å². The van der Waals surface area contributed by atoms with Crippen molar-refractivity contribution in [1.82, 2.24) is 0 Å². The van der Waals surface area contributed by atoms with Gasteiger partial charge in [-0.25, -0.2) is 8.42 Å². The van der Waals surface area contributed by atoms with E-state index in [9.17, 15) is 8.42 Å². The lowest BCUT2D eigenvalue weighted by Crippen LogP contribution is -1.94. The third-order valence-corrected chi connectivity index (χ3v) is 3.84. The zero-order chi connectivity index (χ0) is 10.8. The van der Waals surface area contributed by atoms with Crippen molar-refractivity contribution in [3.8, 4) is 0 Å². The van der Waals surface area contributed by atoms with Crippen molar-refractivity contribution in [1.29, 1.82) is 0 Å². The molecule has 0 radical (unpaired) electrons. The summed E-state index contributed by atoms with van der Waals surface area (Å²) in [7, 11) is 1.44. The fourth-order valence-electron chi connectivity index (χ4n) is 1.01. The van der Waals surface area contributed by atoms with Gasteiger partial charge in [0.2, 0.25) is 0 Å². The van der Waals surface area contributed by atoms with Gasteiger partial charge in [-0.1, -0.05) is 33.6 Å². The SMILES string of the molecule is O=S(=O)(Cl)c1ccc(CCBr)cc1Cl. The fourth-order valence-corrected chi connectivity index (χ4v) is 3.02. The average Bonchev–Trinajstić information content (AvgIpc) is 2.02. The van der Waals surface area contributed by atoms with Crippen LogP contribution in [0.15, 0.2) is 23.1 Å². The molecule has 14 heavy (non-hydrogen) atoms. The number of hydrogen-bond acceptors (Lipinski definition) is 2. The van der Waals surface area contributed by atoms with E-state index in [1.54, 1.807) is 12.1 Å². The van der Waals surface area contributed by atoms with E-state index in [2.05, 4.69) is 15.9 Å². The van der Waals surface area contributed by atoms with E-state index in [0.29, 0.717) is 0 Å². The highest BCUT2D eigenvalue weighted by Gasteiger charge is 2.14. The second-order valence-corrected chi connectivity index (χ2v) is 6.38. The molecular weight excluding hydrogens is 311 g/mol. The van der Waals surface area contributed by atoms with E-state index in [1.807, 2.05) is 0 Å². The summed E-state index contributed by atoms with van der Waals surface area (Å²) in [4.78, 5) is -0.0424. The van der Waals surface area contributed by atoms with Crippen LogP contribution in [0, 0.1) is 0 Å². The quantitative estimate of drug-likeness (QED) is 0.633. The Hall–Kier alpha value is 0.230. The molecule has 1 aromatic carbocycles. The van der Waals surface area contributed by atoms with Crippen LogP contribution >= 0.6 is 38.2 Å². The van der Waals surface area contributed by atoms with Crippen LogP contribution in [0.1, 0.15) is 5.56 Å². The topological polar surface area (TPSA) is 34.1 Å². The lowest BCUT2D eigenvalue weighted by Gasteiger charge is -2.02. The van der Waals surface area contributed by atoms with Gasteiger partial charge in [0.05, 0.1) is 5.02 Å². The van der Waals surface area contributed by atoms with Gasteiger partial charge in [0.15, 0.2) is 0 Å². The maximum atomic E-state index is 11.0. The van der Waals surface area contributed by atoms with Crippen LogP contribution in [-0.2, 0) is 15.5 Å². The Balaban J connectivity index is 3.15. The number of rotatable bonds is 3. The molecule has 0 unspecified atom stereocenters. The highest BCUT2D eigenvalue weighted by Crippen LogP contribution is 2.25. The molecular formula is C8H7BrCl2O2S. The Morgan fingerprint density at radius 2 is 2.00 bits per heavy atom. The molecule has 2 nitrogen and oxygen atoms in total. The van der Waals surface area contributed by atoms with Crippen LogP contribution in [-0.4, -0.2) is 13.7 Å². The second kappa shape index (κ2) is 4.84. The molecule has 0 aliphatic heterocycles. The Morgan fingerprint density at radius 1 is 1.36 bits per heavy atom. The number of alkyl halides is 1. The van der Waals surface area contributed by atoms with Gasteiger partial charge in [-0.15, -0.1) is 0 Å². The van der Waals surface area contributed by atoms with Crippen LogP contribution in [0.25, 0.3) is 0 Å². The summed E-state index contributed by atoms with van der Waals surface area (Å²) in [5.74, 6) is 0. The predicted octanol–water partition coefficient (Wildman–Crippen LogP) is 3.20. The first-order valence-electron chi connectivity index (χ1n) is 3.74. The molecule has 0 fully saturated rings. The predicted molar refractivity (Wildman–Crippen MR) is 62.0 cm³/mol. The fraction of sp³-hybridized carbons (Fsp3) is 0.250. The van der Waals surface area contributed by atoms with Gasteiger partial charge < -0.3 is 0 Å². The Kier molecular flexibility index (Phi) is 4.25. The van der Waals surface area contributed by atoms with Gasteiger partial charge in [-0.05, 0) is 24.1 Å². The van der Waals surface area contributed by atoms with Crippen molar-refractivity contribution < 1.29 is 8.42 Å². The maximum absolute atomic E-state index is 11.0. The molecule has 1 aromatic rings. The molecule has 0 amide bonds. The van der Waals surface area contributed by atoms with E-state index in [4.69, 9.17) is 22.3 Å². The molecule has 0 N–H and O–H groups in total. The summed E-state index contributed by atoms with van der Waals surface area (Å²) < 4.78 is 22.0. The van der Waals surface area contributed by atoms with Gasteiger partial charge in [0.25, 0.3) is 9.05 Å². The Morgan fingerprint density at radius 3 is 2.43 bits per heavy atom. The Labute approximate surface area is 101 Å². The van der Waals surface area contributed by atoms with Crippen LogP contribution < -0.4 is 0 Å². The second-order valence-electron chi connectivity index (χ2n) is 2.64. The molecule has 0 saturated carbocycles. The zero-order valence-electron chi connectivity index (χ0n) is 7.00. The van der Waals surface area contributed by atoms with Crippen molar-refractivity contribution in [2.75, 3.05) is 5.33 Å². The minimum Gasteiger partial charge on any atom is -0.207 e. The average molecular weight is 318 g/mol. The first-order valence-corrected chi connectivity index (χ1v) is 7.55. The molecule has 0 bridgehead atoms. The van der Waals surface area contributed by atoms with Gasteiger partial charge in [-0.3, -0.25) is 0 Å². The third-order valence-electron chi connectivity index (χ3n) is 1.64. The molecule has 0 aliphatic rings. The van der Waals surface area contributed by atoms with Gasteiger partial charge in [0, 0.05) is 16.0 Å². The molecule has 1 rings (SSSR count). The molecule has 6 heteroatoms. The largest absolute Gasteiger partial charge is 0.262 e. The molecule has 78 valence electrons. The number of aryl methyl sites for hydroxylation is 1. The van der Waals surface area contributed by atoms with Crippen LogP contribution in [0.5, 0.6) is 0 Å². The van der Waals surface area contributed by atoms with Crippen molar-refractivity contribution in [3.63, 3.8) is 0 Å². The molecule has 0 aromatic heterocycles. The third kappa shape index (κ3) is 3.12. The highest BCUT2D eigenvalue weighted by molar-refractivity contribution is 9.09. The minimum absolute atomic E-state index is 0.0424. The molecule has 0 saturated heterocycles. The van der Waals surface area contributed by atoms with Crippen LogP contribution in [0.4, 0.5) is 0 Å². The van der Waals surface area contributed by atoms with Gasteiger partial charge in [0.1, 0.15) is 4.90 Å². The first-order chi connectivity index (χ1) is 6.45. The summed E-state index contributed by atoms with van der Waals surface area (Å²) in [6.07, 6.45) is 0.794. The molecule has 0 aliphatic carbocycles. The smallest absolute Gasteiger partial charge is 0.207 e. The van der Waals surface area contributed by atoms with Crippen LogP contribution in [0.2, 0.25) is 5.02 Å². The van der Waals surface area contributed by atoms with Gasteiger partial charge in [-0.2, -0.15) is 0 Å². The minimum atomic E-state index is -3.74. The van der Waals surface area contributed by atoms with Crippen molar-refractivity contribution in [3.05, 3.63) is 28.8 Å². The Bertz CT molecular complexity index is 431. The number of halogens is 3. The summed E-state index contributed by atoms with van der Waals surface area (Å²) in [6.45, 7) is 0. The monoisotopic (exact) mass is 316 g/mol. The van der Waals surface area contributed by atoms with E-state index in [0.717, 1.165) is 17.3 Å². The summed E-state index contributed by atoms with van der Waals surface area (Å²) in [5.41, 5.74) is 0.968. The number of benzene rings is 1. The lowest BCUT2D eigenvalue weighted by molar-refractivity contribution is 0.609. The van der Waals surface area contributed by atoms with E-state index < -0.39 is 9.05 Å². The first kappa shape index (κ1) is 12.3. The summed E-state index contributed by atoms with van der Waals surface area (Å²) in [6, 6.07) is 4.73. The normalized spacial score (nSPS) is 11.6. The lowest BCUT2D eigenvalue weighted by atomic mass is 10.2. The summed E-state index contributed by atoms with van der Waals surface area (Å²) in [5, 5.41) is 0.967. The molecule has 0 spiro atoms. The number of hydrogen-bond donors (Lipinski definition) is 0. The summed E-state index contributed by atoms with van der Waals surface area (Å²) >= 11 is 9.05. The van der Waals surface area contributed by atoms with Crippen molar-refractivity contribution >= 4 is 47.3 Å². The standard InChI is InChI=1S/C8H7BrCl2O2S/c9-4-3-6-1-2-8(7(10)5-6)14(11,12)13/h1-2,5H,3-4H2. The zero-order valence-corrected chi connectivity index (χ0v) is 10.9.